The predicted molar refractivity (Wildman–Crippen MR) is 51.5 cm³/mol. The van der Waals surface area contributed by atoms with E-state index in [-0.39, 0.29) is 0 Å². The van der Waals surface area contributed by atoms with Crippen LogP contribution in [0, 0.1) is 0 Å². The molecular weight excluding hydrogens is 481 g/mol. The average molecular weight is 484 g/mol. The summed E-state index contributed by atoms with van der Waals surface area (Å²) in [5.74, 6) is -49.3. The third-order valence-electron chi connectivity index (χ3n) is 3.39. The molecule has 0 aliphatic rings. The van der Waals surface area contributed by atoms with E-state index >= 15 is 0 Å². The number of hydrogen-bond acceptors (Lipinski definition) is 0. The molecule has 0 bridgehead atoms. The molecule has 19 heteroatoms. The van der Waals surface area contributed by atoms with Gasteiger partial charge in [0, 0.05) is 0 Å². The van der Waals surface area contributed by atoms with Crippen molar-refractivity contribution in [2.24, 2.45) is 0 Å². The van der Waals surface area contributed by atoms with Crippen LogP contribution in [-0.2, 0) is 0 Å². The molecule has 176 valence electrons. The van der Waals surface area contributed by atoms with E-state index in [1.165, 1.54) is 0 Å². The van der Waals surface area contributed by atoms with Gasteiger partial charge in [-0.3, -0.25) is 0 Å². The lowest BCUT2D eigenvalue weighted by Crippen LogP contribution is -2.78. The van der Waals surface area contributed by atoms with Crippen LogP contribution in [0.4, 0.5) is 83.4 Å². The molecule has 0 aromatic rings. The summed E-state index contributed by atoms with van der Waals surface area (Å²) in [6.45, 7) is 0. The lowest BCUT2D eigenvalue weighted by atomic mass is 9.80. The number of hydrogen-bond donors (Lipinski definition) is 0. The molecule has 0 radical (unpaired) electrons. The number of alkyl halides is 19. The smallest absolute Gasteiger partial charge is 0.223 e. The maximum atomic E-state index is 13.7. The number of rotatable bonds is 9. The van der Waals surface area contributed by atoms with E-state index in [1.54, 1.807) is 0 Å². The van der Waals surface area contributed by atoms with Crippen LogP contribution in [0.15, 0.2) is 0 Å². The van der Waals surface area contributed by atoms with Crippen molar-refractivity contribution in [3.8, 4) is 0 Å². The van der Waals surface area contributed by atoms with E-state index in [9.17, 15) is 83.4 Å². The molecule has 0 fully saturated rings. The Kier molecular flexibility index (Phi) is 6.80. The standard InChI is InChI=1S/C10H3F19/c11-1(12)4(17,7(22,23)9(26,27)5(18,19)2(13)14)8(24,25)10(28,29)6(20,21)3(15)16/h1-3H. The van der Waals surface area contributed by atoms with Crippen molar-refractivity contribution in [2.45, 2.75) is 60.5 Å². The van der Waals surface area contributed by atoms with Gasteiger partial charge in [0.2, 0.25) is 0 Å². The van der Waals surface area contributed by atoms with Gasteiger partial charge >= 0.3 is 54.1 Å². The molecule has 0 spiro atoms. The van der Waals surface area contributed by atoms with Gasteiger partial charge in [0.05, 0.1) is 0 Å². The van der Waals surface area contributed by atoms with Crippen molar-refractivity contribution in [1.82, 2.24) is 0 Å². The third kappa shape index (κ3) is 3.25. The van der Waals surface area contributed by atoms with E-state index < -0.39 is 60.5 Å². The molecule has 0 aliphatic carbocycles. The van der Waals surface area contributed by atoms with Gasteiger partial charge in [-0.2, -0.15) is 52.7 Å². The molecule has 0 atom stereocenters. The highest BCUT2D eigenvalue weighted by Gasteiger charge is 2.95. The van der Waals surface area contributed by atoms with E-state index in [0.29, 0.717) is 0 Å². The summed E-state index contributed by atoms with van der Waals surface area (Å²) in [5, 5.41) is 0. The Balaban J connectivity index is 7.07. The highest BCUT2D eigenvalue weighted by atomic mass is 19.4. The fourth-order valence-corrected chi connectivity index (χ4v) is 1.62. The molecule has 0 heterocycles. The molecular formula is C10H3F19. The maximum absolute atomic E-state index is 13.7. The summed E-state index contributed by atoms with van der Waals surface area (Å²) < 4.78 is 241. The summed E-state index contributed by atoms with van der Waals surface area (Å²) in [6.07, 6.45) is -18.8. The summed E-state index contributed by atoms with van der Waals surface area (Å²) in [7, 11) is 0. The largest absolute Gasteiger partial charge is 0.381 e. The molecule has 0 N–H and O–H groups in total. The minimum atomic E-state index is -8.65. The molecule has 0 saturated carbocycles. The van der Waals surface area contributed by atoms with E-state index in [4.69, 9.17) is 0 Å². The SMILES string of the molecule is FC(F)C(F)(F)C(F)(F)C(F)(F)C(F)(C(F)F)C(F)(F)C(F)(F)C(F)(F)C(F)F. The molecule has 0 aliphatic heterocycles. The Morgan fingerprint density at radius 3 is 0.655 bits per heavy atom. The first kappa shape index (κ1) is 27.7. The Morgan fingerprint density at radius 2 is 0.517 bits per heavy atom. The molecule has 0 aromatic carbocycles. The average Bonchev–Trinajstić information content (AvgIpc) is 2.51. The lowest BCUT2D eigenvalue weighted by Gasteiger charge is -2.45. The van der Waals surface area contributed by atoms with E-state index in [1.807, 2.05) is 0 Å². The Hall–Kier alpha value is -1.33. The van der Waals surface area contributed by atoms with Gasteiger partial charge in [0.15, 0.2) is 0 Å². The van der Waals surface area contributed by atoms with Crippen LogP contribution in [0.2, 0.25) is 0 Å². The second-order valence-corrected chi connectivity index (χ2v) is 5.16. The van der Waals surface area contributed by atoms with Crippen molar-refractivity contribution in [3.05, 3.63) is 0 Å². The first-order chi connectivity index (χ1) is 12.3. The van der Waals surface area contributed by atoms with Gasteiger partial charge in [0.25, 0.3) is 6.43 Å². The van der Waals surface area contributed by atoms with Crippen LogP contribution in [0.3, 0.4) is 0 Å². The summed E-state index contributed by atoms with van der Waals surface area (Å²) >= 11 is 0. The van der Waals surface area contributed by atoms with Gasteiger partial charge in [-0.05, 0) is 0 Å². The molecule has 0 amide bonds. The zero-order valence-electron chi connectivity index (χ0n) is 12.4. The van der Waals surface area contributed by atoms with Gasteiger partial charge in [-0.25, -0.2) is 30.7 Å². The van der Waals surface area contributed by atoms with Crippen LogP contribution < -0.4 is 0 Å². The fourth-order valence-electron chi connectivity index (χ4n) is 1.62. The normalized spacial score (nSPS) is 16.3. The summed E-state index contributed by atoms with van der Waals surface area (Å²) in [5.41, 5.74) is -8.48. The summed E-state index contributed by atoms with van der Waals surface area (Å²) in [6, 6.07) is 0. The van der Waals surface area contributed by atoms with Crippen molar-refractivity contribution in [1.29, 1.82) is 0 Å². The number of halogens is 19. The minimum absolute atomic E-state index is 6.04. The highest BCUT2D eigenvalue weighted by Crippen LogP contribution is 2.64. The predicted octanol–water partition coefficient (Wildman–Crippen LogP) is 6.30. The minimum Gasteiger partial charge on any atom is -0.223 e. The van der Waals surface area contributed by atoms with E-state index in [2.05, 4.69) is 0 Å². The Bertz CT molecular complexity index is 530. The Morgan fingerprint density at radius 1 is 0.310 bits per heavy atom. The van der Waals surface area contributed by atoms with Crippen LogP contribution in [0.1, 0.15) is 0 Å². The van der Waals surface area contributed by atoms with Gasteiger partial charge in [-0.1, -0.05) is 0 Å². The van der Waals surface area contributed by atoms with Gasteiger partial charge in [0.1, 0.15) is 0 Å². The maximum Gasteiger partial charge on any atom is 0.381 e. The third-order valence-corrected chi connectivity index (χ3v) is 3.39. The first-order valence-electron chi connectivity index (χ1n) is 6.13. The van der Waals surface area contributed by atoms with Crippen molar-refractivity contribution in [2.75, 3.05) is 0 Å². The van der Waals surface area contributed by atoms with Crippen LogP contribution in [0.25, 0.3) is 0 Å². The second kappa shape index (κ2) is 7.12. The molecule has 0 rings (SSSR count). The molecule has 0 unspecified atom stereocenters. The van der Waals surface area contributed by atoms with E-state index in [0.717, 1.165) is 0 Å². The quantitative estimate of drug-likeness (QED) is 0.337. The van der Waals surface area contributed by atoms with Crippen molar-refractivity contribution < 1.29 is 83.4 Å². The zero-order chi connectivity index (χ0) is 24.2. The fraction of sp³-hybridized carbons (Fsp3) is 1.00. The zero-order valence-corrected chi connectivity index (χ0v) is 12.4. The molecule has 0 saturated heterocycles. The topological polar surface area (TPSA) is 0 Å². The van der Waals surface area contributed by atoms with Gasteiger partial charge < -0.3 is 0 Å². The Labute approximate surface area is 145 Å². The molecule has 0 aromatic heterocycles. The van der Waals surface area contributed by atoms with Crippen molar-refractivity contribution in [3.63, 3.8) is 0 Å². The molecule has 29 heavy (non-hydrogen) atoms. The second-order valence-electron chi connectivity index (χ2n) is 5.16. The first-order valence-corrected chi connectivity index (χ1v) is 6.13. The molecule has 0 nitrogen and oxygen atoms in total. The van der Waals surface area contributed by atoms with Crippen LogP contribution in [-0.4, -0.2) is 60.5 Å². The van der Waals surface area contributed by atoms with Crippen LogP contribution in [0.5, 0.6) is 0 Å². The highest BCUT2D eigenvalue weighted by molar-refractivity contribution is 5.20. The monoisotopic (exact) mass is 484 g/mol. The van der Waals surface area contributed by atoms with Gasteiger partial charge in [-0.15, -0.1) is 0 Å². The lowest BCUT2D eigenvalue weighted by molar-refractivity contribution is -0.439. The van der Waals surface area contributed by atoms with Crippen LogP contribution >= 0.6 is 0 Å². The summed E-state index contributed by atoms with van der Waals surface area (Å²) in [4.78, 5) is 0. The van der Waals surface area contributed by atoms with Crippen molar-refractivity contribution >= 4 is 0 Å².